The molecule has 1 heterocycles. The molecule has 3 heteroatoms. The highest BCUT2D eigenvalue weighted by molar-refractivity contribution is 5.14. The van der Waals surface area contributed by atoms with Gasteiger partial charge in [-0.2, -0.15) is 0 Å². The molecule has 2 rings (SSSR count). The molecule has 0 saturated carbocycles. The van der Waals surface area contributed by atoms with Crippen molar-refractivity contribution in [1.29, 1.82) is 0 Å². The summed E-state index contributed by atoms with van der Waals surface area (Å²) in [6.45, 7) is 5.71. The summed E-state index contributed by atoms with van der Waals surface area (Å²) in [4.78, 5) is 4.88. The van der Waals surface area contributed by atoms with Crippen LogP contribution in [0.5, 0.6) is 0 Å². The highest BCUT2D eigenvalue weighted by atomic mass is 15.2. The molecule has 0 radical (unpaired) electrons. The van der Waals surface area contributed by atoms with Crippen molar-refractivity contribution in [3.05, 3.63) is 35.9 Å². The van der Waals surface area contributed by atoms with Crippen molar-refractivity contribution in [2.24, 2.45) is 5.73 Å². The first-order chi connectivity index (χ1) is 8.74. The predicted molar refractivity (Wildman–Crippen MR) is 76.7 cm³/mol. The second-order valence-electron chi connectivity index (χ2n) is 5.39. The molecule has 0 amide bonds. The van der Waals surface area contributed by atoms with Gasteiger partial charge in [0.1, 0.15) is 0 Å². The predicted octanol–water partition coefficient (Wildman–Crippen LogP) is 1.19. The molecule has 1 aliphatic heterocycles. The van der Waals surface area contributed by atoms with Crippen molar-refractivity contribution in [2.45, 2.75) is 18.9 Å². The summed E-state index contributed by atoms with van der Waals surface area (Å²) < 4.78 is 0. The molecule has 18 heavy (non-hydrogen) atoms. The van der Waals surface area contributed by atoms with Crippen LogP contribution in [0.1, 0.15) is 12.0 Å². The molecule has 0 aromatic heterocycles. The normalized spacial score (nSPS) is 19.9. The Morgan fingerprint density at radius 2 is 1.78 bits per heavy atom. The van der Waals surface area contributed by atoms with Gasteiger partial charge in [0.15, 0.2) is 0 Å². The maximum Gasteiger partial charge on any atom is 0.0171 e. The number of hydrogen-bond donors (Lipinski definition) is 1. The summed E-state index contributed by atoms with van der Waals surface area (Å²) in [6, 6.07) is 10.9. The van der Waals surface area contributed by atoms with Crippen molar-refractivity contribution >= 4 is 0 Å². The number of nitrogens with two attached hydrogens (primary N) is 1. The van der Waals surface area contributed by atoms with Crippen LogP contribution in [0.25, 0.3) is 0 Å². The SMILES string of the molecule is CN1CCN(CC(N)CCc2ccccc2)CC1. The number of benzene rings is 1. The van der Waals surface area contributed by atoms with E-state index in [2.05, 4.69) is 47.2 Å². The van der Waals surface area contributed by atoms with Gasteiger partial charge in [0, 0.05) is 38.8 Å². The van der Waals surface area contributed by atoms with Crippen molar-refractivity contribution in [3.8, 4) is 0 Å². The zero-order valence-electron chi connectivity index (χ0n) is 11.4. The van der Waals surface area contributed by atoms with E-state index in [-0.39, 0.29) is 0 Å². The number of rotatable bonds is 5. The van der Waals surface area contributed by atoms with Gasteiger partial charge in [-0.25, -0.2) is 0 Å². The van der Waals surface area contributed by atoms with E-state index in [4.69, 9.17) is 5.73 Å². The molecule has 2 N–H and O–H groups in total. The Labute approximate surface area is 111 Å². The fraction of sp³-hybridized carbons (Fsp3) is 0.600. The zero-order chi connectivity index (χ0) is 12.8. The minimum absolute atomic E-state index is 0.300. The third-order valence-corrected chi connectivity index (χ3v) is 3.74. The smallest absolute Gasteiger partial charge is 0.0171 e. The van der Waals surface area contributed by atoms with E-state index >= 15 is 0 Å². The Kier molecular flexibility index (Phi) is 5.17. The Balaban J connectivity index is 1.67. The zero-order valence-corrected chi connectivity index (χ0v) is 11.4. The van der Waals surface area contributed by atoms with E-state index in [0.717, 1.165) is 32.5 Å². The third-order valence-electron chi connectivity index (χ3n) is 3.74. The van der Waals surface area contributed by atoms with Crippen LogP contribution in [0.15, 0.2) is 30.3 Å². The minimum Gasteiger partial charge on any atom is -0.327 e. The molecule has 1 saturated heterocycles. The largest absolute Gasteiger partial charge is 0.327 e. The van der Waals surface area contributed by atoms with Gasteiger partial charge in [-0.15, -0.1) is 0 Å². The maximum atomic E-state index is 6.23. The Hall–Kier alpha value is -0.900. The summed E-state index contributed by atoms with van der Waals surface area (Å²) in [5, 5.41) is 0. The number of piperazine rings is 1. The topological polar surface area (TPSA) is 32.5 Å². The van der Waals surface area contributed by atoms with Crippen LogP contribution in [0.3, 0.4) is 0 Å². The van der Waals surface area contributed by atoms with Crippen LogP contribution in [0, 0.1) is 0 Å². The third kappa shape index (κ3) is 4.41. The van der Waals surface area contributed by atoms with Crippen LogP contribution < -0.4 is 5.73 Å². The lowest BCUT2D eigenvalue weighted by Gasteiger charge is -2.33. The summed E-state index contributed by atoms with van der Waals surface area (Å²) in [6.07, 6.45) is 2.17. The van der Waals surface area contributed by atoms with Crippen LogP contribution in [-0.4, -0.2) is 55.6 Å². The molecule has 3 nitrogen and oxygen atoms in total. The molecule has 1 unspecified atom stereocenters. The Bertz CT molecular complexity index is 331. The Morgan fingerprint density at radius 3 is 2.44 bits per heavy atom. The fourth-order valence-electron chi connectivity index (χ4n) is 2.45. The van der Waals surface area contributed by atoms with Gasteiger partial charge in [-0.3, -0.25) is 4.90 Å². The van der Waals surface area contributed by atoms with E-state index in [1.54, 1.807) is 0 Å². The first-order valence-corrected chi connectivity index (χ1v) is 6.94. The summed E-state index contributed by atoms with van der Waals surface area (Å²) in [7, 11) is 2.19. The first-order valence-electron chi connectivity index (χ1n) is 6.94. The van der Waals surface area contributed by atoms with Crippen LogP contribution in [0.2, 0.25) is 0 Å². The first kappa shape index (κ1) is 13.5. The quantitative estimate of drug-likeness (QED) is 0.848. The molecule has 1 fully saturated rings. The molecule has 1 atom stereocenters. The minimum atomic E-state index is 0.300. The summed E-state index contributed by atoms with van der Waals surface area (Å²) in [5.41, 5.74) is 7.63. The number of hydrogen-bond acceptors (Lipinski definition) is 3. The highest BCUT2D eigenvalue weighted by Gasteiger charge is 2.15. The maximum absolute atomic E-state index is 6.23. The van der Waals surface area contributed by atoms with Gasteiger partial charge in [-0.05, 0) is 25.5 Å². The van der Waals surface area contributed by atoms with Crippen molar-refractivity contribution in [1.82, 2.24) is 9.80 Å². The van der Waals surface area contributed by atoms with Crippen LogP contribution in [-0.2, 0) is 6.42 Å². The number of aryl methyl sites for hydroxylation is 1. The van der Waals surface area contributed by atoms with E-state index in [9.17, 15) is 0 Å². The summed E-state index contributed by atoms with van der Waals surface area (Å²) in [5.74, 6) is 0. The second kappa shape index (κ2) is 6.88. The van der Waals surface area contributed by atoms with Gasteiger partial charge in [0.25, 0.3) is 0 Å². The van der Waals surface area contributed by atoms with Gasteiger partial charge in [0.2, 0.25) is 0 Å². The van der Waals surface area contributed by atoms with Gasteiger partial charge in [-0.1, -0.05) is 30.3 Å². The molecule has 0 aliphatic carbocycles. The molecule has 1 aliphatic rings. The molecular formula is C15H25N3. The second-order valence-corrected chi connectivity index (χ2v) is 5.39. The van der Waals surface area contributed by atoms with E-state index in [1.165, 1.54) is 18.7 Å². The Morgan fingerprint density at radius 1 is 1.11 bits per heavy atom. The number of nitrogens with zero attached hydrogens (tertiary/aromatic N) is 2. The van der Waals surface area contributed by atoms with E-state index in [0.29, 0.717) is 6.04 Å². The lowest BCUT2D eigenvalue weighted by molar-refractivity contribution is 0.146. The number of likely N-dealkylation sites (N-methyl/N-ethyl adjacent to an activating group) is 1. The molecule has 1 aromatic rings. The summed E-state index contributed by atoms with van der Waals surface area (Å²) >= 11 is 0. The molecule has 100 valence electrons. The standard InChI is InChI=1S/C15H25N3/c1-17-9-11-18(12-10-17)13-15(16)8-7-14-5-3-2-4-6-14/h2-6,15H,7-13,16H2,1H3. The lowest BCUT2D eigenvalue weighted by atomic mass is 10.1. The van der Waals surface area contributed by atoms with Crippen molar-refractivity contribution in [3.63, 3.8) is 0 Å². The van der Waals surface area contributed by atoms with Crippen LogP contribution >= 0.6 is 0 Å². The lowest BCUT2D eigenvalue weighted by Crippen LogP contribution is -2.48. The molecular weight excluding hydrogens is 222 g/mol. The monoisotopic (exact) mass is 247 g/mol. The fourth-order valence-corrected chi connectivity index (χ4v) is 2.45. The molecule has 0 spiro atoms. The molecule has 0 bridgehead atoms. The van der Waals surface area contributed by atoms with Crippen molar-refractivity contribution in [2.75, 3.05) is 39.8 Å². The average Bonchev–Trinajstić information content (AvgIpc) is 2.40. The van der Waals surface area contributed by atoms with Gasteiger partial charge >= 0.3 is 0 Å². The van der Waals surface area contributed by atoms with E-state index < -0.39 is 0 Å². The van der Waals surface area contributed by atoms with Crippen molar-refractivity contribution < 1.29 is 0 Å². The highest BCUT2D eigenvalue weighted by Crippen LogP contribution is 2.06. The van der Waals surface area contributed by atoms with Gasteiger partial charge in [0.05, 0.1) is 0 Å². The van der Waals surface area contributed by atoms with Crippen LogP contribution in [0.4, 0.5) is 0 Å². The van der Waals surface area contributed by atoms with E-state index in [1.807, 2.05) is 0 Å². The molecule has 1 aromatic carbocycles. The average molecular weight is 247 g/mol. The van der Waals surface area contributed by atoms with Gasteiger partial charge < -0.3 is 10.6 Å².